The molecule has 0 aromatic rings. The second kappa shape index (κ2) is 4.03. The molecule has 0 aliphatic carbocycles. The number of halogens is 1. The van der Waals surface area contributed by atoms with Crippen LogP contribution < -0.4 is 0 Å². The molecule has 1 unspecified atom stereocenters. The van der Waals surface area contributed by atoms with Crippen molar-refractivity contribution in [1.82, 2.24) is 0 Å². The first-order chi connectivity index (χ1) is 4.22. The lowest BCUT2D eigenvalue weighted by Crippen LogP contribution is -2.18. The molecule has 0 amide bonds. The molecule has 0 saturated carbocycles. The van der Waals surface area contributed by atoms with Crippen molar-refractivity contribution in [2.24, 2.45) is 0 Å². The minimum absolute atomic E-state index is 0.841. The number of hydrogen-bond donors (Lipinski definition) is 0. The summed E-state index contributed by atoms with van der Waals surface area (Å²) in [4.78, 5) is 10.2. The second-order valence-corrected chi connectivity index (χ2v) is 1.16. The number of hydrogen-bond acceptors (Lipinski definition) is 3. The SMILES string of the molecule is C=COC(=O)C(F)OC. The Balaban J connectivity index is 3.58. The number of esters is 1. The predicted molar refractivity (Wildman–Crippen MR) is 28.2 cm³/mol. The summed E-state index contributed by atoms with van der Waals surface area (Å²) in [6.45, 7) is 3.05. The molecule has 0 heterocycles. The summed E-state index contributed by atoms with van der Waals surface area (Å²) < 4.78 is 20.0. The van der Waals surface area contributed by atoms with Gasteiger partial charge in [0.25, 0.3) is 6.36 Å². The lowest BCUT2D eigenvalue weighted by Gasteiger charge is -2.00. The van der Waals surface area contributed by atoms with Gasteiger partial charge in [-0.1, -0.05) is 6.58 Å². The first-order valence-electron chi connectivity index (χ1n) is 2.20. The van der Waals surface area contributed by atoms with Crippen molar-refractivity contribution in [2.45, 2.75) is 6.36 Å². The summed E-state index contributed by atoms with van der Waals surface area (Å²) in [6, 6.07) is 0. The van der Waals surface area contributed by atoms with Crippen molar-refractivity contribution >= 4 is 5.97 Å². The minimum Gasteiger partial charge on any atom is -0.431 e. The lowest BCUT2D eigenvalue weighted by molar-refractivity contribution is -0.160. The van der Waals surface area contributed by atoms with Crippen LogP contribution in [0.1, 0.15) is 0 Å². The third kappa shape index (κ3) is 2.81. The van der Waals surface area contributed by atoms with E-state index in [0.29, 0.717) is 0 Å². The van der Waals surface area contributed by atoms with Crippen LogP contribution in [0, 0.1) is 0 Å². The van der Waals surface area contributed by atoms with Crippen LogP contribution in [0.2, 0.25) is 0 Å². The highest BCUT2D eigenvalue weighted by Crippen LogP contribution is 1.94. The number of rotatable bonds is 3. The van der Waals surface area contributed by atoms with Crippen molar-refractivity contribution in [3.63, 3.8) is 0 Å². The molecule has 52 valence electrons. The molecule has 0 spiro atoms. The maximum atomic E-state index is 12.0. The Kier molecular flexibility index (Phi) is 3.62. The molecule has 0 saturated heterocycles. The Labute approximate surface area is 52.1 Å². The van der Waals surface area contributed by atoms with Crippen LogP contribution in [0.4, 0.5) is 4.39 Å². The van der Waals surface area contributed by atoms with E-state index in [0.717, 1.165) is 13.4 Å². The smallest absolute Gasteiger partial charge is 0.373 e. The molecule has 0 N–H and O–H groups in total. The van der Waals surface area contributed by atoms with Crippen LogP contribution in [0.25, 0.3) is 0 Å². The Hall–Kier alpha value is -0.900. The van der Waals surface area contributed by atoms with Crippen LogP contribution in [0.3, 0.4) is 0 Å². The quantitative estimate of drug-likeness (QED) is 0.419. The largest absolute Gasteiger partial charge is 0.431 e. The van der Waals surface area contributed by atoms with E-state index < -0.39 is 12.3 Å². The van der Waals surface area contributed by atoms with E-state index in [-0.39, 0.29) is 0 Å². The highest BCUT2D eigenvalue weighted by Gasteiger charge is 2.15. The van der Waals surface area contributed by atoms with Crippen LogP contribution in [0.5, 0.6) is 0 Å². The second-order valence-electron chi connectivity index (χ2n) is 1.16. The predicted octanol–water partition coefficient (Wildman–Crippen LogP) is 0.615. The average molecular weight is 134 g/mol. The van der Waals surface area contributed by atoms with Gasteiger partial charge in [-0.15, -0.1) is 0 Å². The van der Waals surface area contributed by atoms with E-state index in [4.69, 9.17) is 0 Å². The van der Waals surface area contributed by atoms with Gasteiger partial charge in [0, 0.05) is 7.11 Å². The monoisotopic (exact) mass is 134 g/mol. The lowest BCUT2D eigenvalue weighted by atomic mass is 10.7. The number of ether oxygens (including phenoxy) is 2. The third-order valence-electron chi connectivity index (χ3n) is 0.592. The summed E-state index contributed by atoms with van der Waals surface area (Å²) in [6.07, 6.45) is -1.17. The van der Waals surface area contributed by atoms with E-state index in [1.165, 1.54) is 0 Å². The van der Waals surface area contributed by atoms with Gasteiger partial charge in [0.1, 0.15) is 0 Å². The molecule has 0 bridgehead atoms. The Morgan fingerprint density at radius 1 is 1.89 bits per heavy atom. The number of alkyl halides is 1. The topological polar surface area (TPSA) is 35.5 Å². The zero-order valence-electron chi connectivity index (χ0n) is 4.96. The van der Waals surface area contributed by atoms with Gasteiger partial charge in [-0.2, -0.15) is 0 Å². The Morgan fingerprint density at radius 2 is 2.44 bits per heavy atom. The fourth-order valence-electron chi connectivity index (χ4n) is 0.232. The highest BCUT2D eigenvalue weighted by molar-refractivity contribution is 5.73. The van der Waals surface area contributed by atoms with E-state index in [1.807, 2.05) is 0 Å². The fraction of sp³-hybridized carbons (Fsp3) is 0.400. The molecule has 9 heavy (non-hydrogen) atoms. The van der Waals surface area contributed by atoms with E-state index in [9.17, 15) is 9.18 Å². The molecule has 3 nitrogen and oxygen atoms in total. The first-order valence-corrected chi connectivity index (χ1v) is 2.20. The van der Waals surface area contributed by atoms with E-state index in [2.05, 4.69) is 16.1 Å². The Bertz CT molecular complexity index is 113. The minimum atomic E-state index is -2.01. The van der Waals surface area contributed by atoms with Gasteiger partial charge in [-0.05, 0) is 0 Å². The molecule has 0 rings (SSSR count). The summed E-state index contributed by atoms with van der Waals surface area (Å²) >= 11 is 0. The van der Waals surface area contributed by atoms with Crippen LogP contribution in [-0.4, -0.2) is 19.4 Å². The summed E-state index contributed by atoms with van der Waals surface area (Å²) in [5.74, 6) is -1.09. The molecule has 1 atom stereocenters. The molecule has 0 aliphatic rings. The Morgan fingerprint density at radius 3 is 2.78 bits per heavy atom. The number of methoxy groups -OCH3 is 1. The molecule has 0 aromatic heterocycles. The zero-order valence-corrected chi connectivity index (χ0v) is 4.96. The van der Waals surface area contributed by atoms with Gasteiger partial charge in [-0.3, -0.25) is 0 Å². The molecule has 0 radical (unpaired) electrons. The van der Waals surface area contributed by atoms with Gasteiger partial charge >= 0.3 is 5.97 Å². The van der Waals surface area contributed by atoms with Crippen molar-refractivity contribution in [1.29, 1.82) is 0 Å². The number of carbonyl (C=O) groups excluding carboxylic acids is 1. The molecular weight excluding hydrogens is 127 g/mol. The van der Waals surface area contributed by atoms with Gasteiger partial charge in [0.15, 0.2) is 0 Å². The molecule has 0 aromatic carbocycles. The van der Waals surface area contributed by atoms with Crippen molar-refractivity contribution in [3.8, 4) is 0 Å². The van der Waals surface area contributed by atoms with Crippen molar-refractivity contribution in [3.05, 3.63) is 12.8 Å². The van der Waals surface area contributed by atoms with E-state index >= 15 is 0 Å². The van der Waals surface area contributed by atoms with Gasteiger partial charge in [-0.25, -0.2) is 9.18 Å². The van der Waals surface area contributed by atoms with Gasteiger partial charge < -0.3 is 9.47 Å². The maximum absolute atomic E-state index is 12.0. The summed E-state index contributed by atoms with van der Waals surface area (Å²) in [5.41, 5.74) is 0. The van der Waals surface area contributed by atoms with Crippen LogP contribution in [0.15, 0.2) is 12.8 Å². The van der Waals surface area contributed by atoms with Crippen molar-refractivity contribution in [2.75, 3.05) is 7.11 Å². The van der Waals surface area contributed by atoms with E-state index in [1.54, 1.807) is 0 Å². The molecule has 0 aliphatic heterocycles. The zero-order chi connectivity index (χ0) is 7.28. The summed E-state index contributed by atoms with van der Waals surface area (Å²) in [7, 11) is 1.06. The average Bonchev–Trinajstić information content (AvgIpc) is 1.87. The normalized spacial score (nSPS) is 12.2. The molecular formula is C5H7FO3. The molecule has 4 heteroatoms. The van der Waals surface area contributed by atoms with Crippen LogP contribution in [-0.2, 0) is 14.3 Å². The van der Waals surface area contributed by atoms with Crippen LogP contribution >= 0.6 is 0 Å². The standard InChI is InChI=1S/C5H7FO3/c1-3-9-5(7)4(6)8-2/h3-4H,1H2,2H3. The fourth-order valence-corrected chi connectivity index (χ4v) is 0.232. The van der Waals surface area contributed by atoms with Gasteiger partial charge in [0.2, 0.25) is 0 Å². The van der Waals surface area contributed by atoms with Crippen molar-refractivity contribution < 1.29 is 18.7 Å². The third-order valence-corrected chi connectivity index (χ3v) is 0.592. The van der Waals surface area contributed by atoms with Gasteiger partial charge in [0.05, 0.1) is 6.26 Å². The highest BCUT2D eigenvalue weighted by atomic mass is 19.1. The molecule has 0 fully saturated rings. The number of carbonyl (C=O) groups is 1. The first kappa shape index (κ1) is 8.10. The maximum Gasteiger partial charge on any atom is 0.373 e. The summed E-state index contributed by atoms with van der Waals surface area (Å²) in [5, 5.41) is 0.